The van der Waals surface area contributed by atoms with Gasteiger partial charge in [-0.2, -0.15) is 0 Å². The van der Waals surface area contributed by atoms with E-state index in [0.717, 1.165) is 12.0 Å². The van der Waals surface area contributed by atoms with Gasteiger partial charge in [-0.25, -0.2) is 0 Å². The summed E-state index contributed by atoms with van der Waals surface area (Å²) in [7, 11) is 1.64. The smallest absolute Gasteiger partial charge is 0.220 e. The van der Waals surface area contributed by atoms with Crippen molar-refractivity contribution in [1.82, 2.24) is 5.32 Å². The van der Waals surface area contributed by atoms with Crippen LogP contribution in [0.2, 0.25) is 0 Å². The highest BCUT2D eigenvalue weighted by molar-refractivity contribution is 5.75. The Labute approximate surface area is 90.1 Å². The fourth-order valence-corrected chi connectivity index (χ4v) is 1.58. The van der Waals surface area contributed by atoms with Gasteiger partial charge < -0.3 is 10.4 Å². The minimum Gasteiger partial charge on any atom is -0.508 e. The number of hydrogen-bond acceptors (Lipinski definition) is 2. The lowest BCUT2D eigenvalue weighted by Crippen LogP contribution is -2.20. The van der Waals surface area contributed by atoms with Crippen LogP contribution in [-0.2, 0) is 11.2 Å². The van der Waals surface area contributed by atoms with E-state index in [1.54, 1.807) is 19.2 Å². The van der Waals surface area contributed by atoms with Crippen LogP contribution in [0.4, 0.5) is 0 Å². The maximum atomic E-state index is 11.1. The number of carbonyl (C=O) groups excluding carboxylic acids is 1. The molecule has 0 unspecified atom stereocenters. The molecule has 0 bridgehead atoms. The van der Waals surface area contributed by atoms with Gasteiger partial charge in [0, 0.05) is 13.5 Å². The molecule has 0 aromatic heterocycles. The SMILES string of the molecule is CNC(=O)C[C@@H](C)Cc1cccc(O)c1. The van der Waals surface area contributed by atoms with Crippen molar-refractivity contribution in [3.63, 3.8) is 0 Å². The van der Waals surface area contributed by atoms with E-state index in [-0.39, 0.29) is 17.6 Å². The summed E-state index contributed by atoms with van der Waals surface area (Å²) < 4.78 is 0. The molecule has 0 saturated heterocycles. The van der Waals surface area contributed by atoms with Crippen LogP contribution in [0, 0.1) is 5.92 Å². The average molecular weight is 207 g/mol. The van der Waals surface area contributed by atoms with Gasteiger partial charge in [0.2, 0.25) is 5.91 Å². The second-order valence-electron chi connectivity index (χ2n) is 3.86. The van der Waals surface area contributed by atoms with Gasteiger partial charge in [0.15, 0.2) is 0 Å². The van der Waals surface area contributed by atoms with Crippen molar-refractivity contribution in [3.05, 3.63) is 29.8 Å². The third kappa shape index (κ3) is 4.02. The molecule has 0 heterocycles. The number of phenols is 1. The number of amides is 1. The molecule has 15 heavy (non-hydrogen) atoms. The second kappa shape index (κ2) is 5.39. The number of nitrogens with one attached hydrogen (secondary N) is 1. The number of benzene rings is 1. The van der Waals surface area contributed by atoms with Gasteiger partial charge >= 0.3 is 0 Å². The molecule has 1 aromatic rings. The summed E-state index contributed by atoms with van der Waals surface area (Å²) >= 11 is 0. The lowest BCUT2D eigenvalue weighted by molar-refractivity contribution is -0.121. The van der Waals surface area contributed by atoms with Crippen LogP contribution in [-0.4, -0.2) is 18.1 Å². The standard InChI is InChI=1S/C12H17NO2/c1-9(7-12(15)13-2)6-10-4-3-5-11(14)8-10/h3-5,8-9,14H,6-7H2,1-2H3,(H,13,15)/t9-/m0/s1. The third-order valence-electron chi connectivity index (χ3n) is 2.31. The van der Waals surface area contributed by atoms with E-state index in [2.05, 4.69) is 5.32 Å². The number of phenolic OH excluding ortho intramolecular Hbond substituents is 1. The summed E-state index contributed by atoms with van der Waals surface area (Å²) in [6.07, 6.45) is 1.33. The number of aromatic hydroxyl groups is 1. The zero-order valence-corrected chi connectivity index (χ0v) is 9.16. The van der Waals surface area contributed by atoms with Gasteiger partial charge in [-0.15, -0.1) is 0 Å². The van der Waals surface area contributed by atoms with Crippen LogP contribution in [0.15, 0.2) is 24.3 Å². The zero-order valence-electron chi connectivity index (χ0n) is 9.16. The van der Waals surface area contributed by atoms with Crippen molar-refractivity contribution in [2.24, 2.45) is 5.92 Å². The van der Waals surface area contributed by atoms with Crippen molar-refractivity contribution in [2.75, 3.05) is 7.05 Å². The largest absolute Gasteiger partial charge is 0.508 e. The molecule has 1 aromatic carbocycles. The van der Waals surface area contributed by atoms with Crippen molar-refractivity contribution in [1.29, 1.82) is 0 Å². The van der Waals surface area contributed by atoms with E-state index in [4.69, 9.17) is 0 Å². The number of carbonyl (C=O) groups is 1. The number of rotatable bonds is 4. The lowest BCUT2D eigenvalue weighted by atomic mass is 9.98. The summed E-state index contributed by atoms with van der Waals surface area (Å²) in [5.41, 5.74) is 1.06. The van der Waals surface area contributed by atoms with E-state index in [9.17, 15) is 9.90 Å². The first-order valence-corrected chi connectivity index (χ1v) is 5.10. The van der Waals surface area contributed by atoms with E-state index in [1.807, 2.05) is 19.1 Å². The van der Waals surface area contributed by atoms with Gasteiger partial charge in [-0.3, -0.25) is 4.79 Å². The summed E-state index contributed by atoms with van der Waals surface area (Å²) in [5, 5.41) is 11.9. The Morgan fingerprint density at radius 2 is 2.27 bits per heavy atom. The quantitative estimate of drug-likeness (QED) is 0.789. The Balaban J connectivity index is 2.51. The first-order chi connectivity index (χ1) is 7.11. The fourth-order valence-electron chi connectivity index (χ4n) is 1.58. The molecule has 0 fully saturated rings. The fraction of sp³-hybridized carbons (Fsp3) is 0.417. The van der Waals surface area contributed by atoms with Gasteiger partial charge in [-0.05, 0) is 30.0 Å². The lowest BCUT2D eigenvalue weighted by Gasteiger charge is -2.10. The molecule has 0 radical (unpaired) electrons. The molecular weight excluding hydrogens is 190 g/mol. The first kappa shape index (κ1) is 11.6. The van der Waals surface area contributed by atoms with E-state index >= 15 is 0 Å². The molecule has 0 saturated carbocycles. The van der Waals surface area contributed by atoms with E-state index < -0.39 is 0 Å². The summed E-state index contributed by atoms with van der Waals surface area (Å²) in [4.78, 5) is 11.1. The minimum absolute atomic E-state index is 0.0580. The predicted octanol–water partition coefficient (Wildman–Crippen LogP) is 1.71. The topological polar surface area (TPSA) is 49.3 Å². The van der Waals surface area contributed by atoms with Crippen LogP contribution >= 0.6 is 0 Å². The molecule has 2 N–H and O–H groups in total. The Bertz CT molecular complexity index is 336. The molecule has 0 aliphatic rings. The second-order valence-corrected chi connectivity index (χ2v) is 3.86. The highest BCUT2D eigenvalue weighted by atomic mass is 16.3. The van der Waals surface area contributed by atoms with Crippen LogP contribution in [0.3, 0.4) is 0 Å². The molecule has 0 aliphatic carbocycles. The van der Waals surface area contributed by atoms with Crippen molar-refractivity contribution in [2.45, 2.75) is 19.8 Å². The molecule has 1 atom stereocenters. The van der Waals surface area contributed by atoms with Crippen LogP contribution in [0.5, 0.6) is 5.75 Å². The summed E-state index contributed by atoms with van der Waals surface area (Å²) in [6.45, 7) is 2.03. The summed E-state index contributed by atoms with van der Waals surface area (Å²) in [6, 6.07) is 7.16. The Hall–Kier alpha value is -1.51. The minimum atomic E-state index is 0.0580. The average Bonchev–Trinajstić information content (AvgIpc) is 2.17. The molecule has 3 nitrogen and oxygen atoms in total. The van der Waals surface area contributed by atoms with Crippen molar-refractivity contribution >= 4 is 5.91 Å². The highest BCUT2D eigenvalue weighted by Gasteiger charge is 2.08. The number of hydrogen-bond donors (Lipinski definition) is 2. The monoisotopic (exact) mass is 207 g/mol. The molecule has 1 rings (SSSR count). The van der Waals surface area contributed by atoms with E-state index in [0.29, 0.717) is 6.42 Å². The molecule has 82 valence electrons. The third-order valence-corrected chi connectivity index (χ3v) is 2.31. The molecular formula is C12H17NO2. The molecule has 1 amide bonds. The normalized spacial score (nSPS) is 12.1. The van der Waals surface area contributed by atoms with Gasteiger partial charge in [0.25, 0.3) is 0 Å². The van der Waals surface area contributed by atoms with Crippen LogP contribution in [0.1, 0.15) is 18.9 Å². The van der Waals surface area contributed by atoms with Crippen LogP contribution < -0.4 is 5.32 Å². The molecule has 3 heteroatoms. The maximum absolute atomic E-state index is 11.1. The Kier molecular flexibility index (Phi) is 4.16. The molecule has 0 spiro atoms. The predicted molar refractivity (Wildman–Crippen MR) is 59.7 cm³/mol. The maximum Gasteiger partial charge on any atom is 0.220 e. The highest BCUT2D eigenvalue weighted by Crippen LogP contribution is 2.16. The van der Waals surface area contributed by atoms with Crippen LogP contribution in [0.25, 0.3) is 0 Å². The Morgan fingerprint density at radius 3 is 2.87 bits per heavy atom. The van der Waals surface area contributed by atoms with Crippen molar-refractivity contribution < 1.29 is 9.90 Å². The van der Waals surface area contributed by atoms with Crippen molar-refractivity contribution in [3.8, 4) is 5.75 Å². The zero-order chi connectivity index (χ0) is 11.3. The van der Waals surface area contributed by atoms with Gasteiger partial charge in [0.1, 0.15) is 5.75 Å². The Morgan fingerprint density at radius 1 is 1.53 bits per heavy atom. The van der Waals surface area contributed by atoms with Gasteiger partial charge in [-0.1, -0.05) is 19.1 Å². The van der Waals surface area contributed by atoms with E-state index in [1.165, 1.54) is 0 Å². The molecule has 0 aliphatic heterocycles. The summed E-state index contributed by atoms with van der Waals surface area (Å²) in [5.74, 6) is 0.619. The first-order valence-electron chi connectivity index (χ1n) is 5.10. The van der Waals surface area contributed by atoms with Gasteiger partial charge in [0.05, 0.1) is 0 Å².